The Morgan fingerprint density at radius 2 is 1.87 bits per heavy atom. The van der Waals surface area contributed by atoms with Crippen molar-refractivity contribution in [2.75, 3.05) is 50.2 Å². The van der Waals surface area contributed by atoms with Crippen LogP contribution in [0.4, 0.5) is 11.9 Å². The van der Waals surface area contributed by atoms with E-state index in [2.05, 4.69) is 19.9 Å². The van der Waals surface area contributed by atoms with Crippen LogP contribution >= 0.6 is 0 Å². The second kappa shape index (κ2) is 8.17. The summed E-state index contributed by atoms with van der Waals surface area (Å²) >= 11 is 0. The van der Waals surface area contributed by atoms with Crippen molar-refractivity contribution in [3.63, 3.8) is 0 Å². The van der Waals surface area contributed by atoms with Crippen molar-refractivity contribution in [1.29, 1.82) is 0 Å². The lowest BCUT2D eigenvalue weighted by atomic mass is 9.77. The van der Waals surface area contributed by atoms with Crippen LogP contribution in [0.25, 0.3) is 11.3 Å². The van der Waals surface area contributed by atoms with Gasteiger partial charge >= 0.3 is 0 Å². The highest BCUT2D eigenvalue weighted by Gasteiger charge is 2.46. The number of nitrogen functional groups attached to an aromatic ring is 1. The van der Waals surface area contributed by atoms with E-state index < -0.39 is 15.6 Å². The first kappa shape index (κ1) is 21.7. The molecule has 2 aliphatic rings. The van der Waals surface area contributed by atoms with E-state index in [1.165, 1.54) is 10.6 Å². The first-order valence-corrected chi connectivity index (χ1v) is 11.9. The molecule has 1 aliphatic carbocycles. The monoisotopic (exact) mass is 449 g/mol. The van der Waals surface area contributed by atoms with Gasteiger partial charge in [0, 0.05) is 63.0 Å². The fraction of sp³-hybridized carbons (Fsp3) is 0.579. The largest absolute Gasteiger partial charge is 0.471 e. The van der Waals surface area contributed by atoms with Crippen LogP contribution in [0.3, 0.4) is 0 Å². The molecular weight excluding hydrogens is 422 g/mol. The van der Waals surface area contributed by atoms with Gasteiger partial charge in [0.2, 0.25) is 27.8 Å². The van der Waals surface area contributed by atoms with Crippen molar-refractivity contribution in [2.24, 2.45) is 0 Å². The number of ether oxygens (including phenoxy) is 2. The Morgan fingerprint density at radius 3 is 2.48 bits per heavy atom. The van der Waals surface area contributed by atoms with E-state index in [0.29, 0.717) is 62.2 Å². The Bertz CT molecular complexity index is 1040. The molecule has 4 rings (SSSR count). The van der Waals surface area contributed by atoms with Crippen LogP contribution in [-0.2, 0) is 14.8 Å². The highest BCUT2D eigenvalue weighted by Crippen LogP contribution is 2.40. The number of nitrogens with zero attached hydrogens (tertiary/aromatic N) is 6. The van der Waals surface area contributed by atoms with Gasteiger partial charge in [-0.1, -0.05) is 0 Å². The third-order valence-corrected chi connectivity index (χ3v) is 7.02. The molecule has 0 bridgehead atoms. The lowest BCUT2D eigenvalue weighted by Crippen LogP contribution is -2.56. The van der Waals surface area contributed by atoms with Crippen molar-refractivity contribution in [3.05, 3.63) is 18.5 Å². The van der Waals surface area contributed by atoms with Gasteiger partial charge in [-0.05, 0) is 6.92 Å². The molecule has 1 saturated heterocycles. The van der Waals surface area contributed by atoms with E-state index >= 15 is 0 Å². The molecule has 1 saturated carbocycles. The van der Waals surface area contributed by atoms with E-state index in [9.17, 15) is 8.42 Å². The molecule has 2 N–H and O–H groups in total. The molecule has 11 nitrogen and oxygen atoms in total. The van der Waals surface area contributed by atoms with E-state index in [4.69, 9.17) is 15.2 Å². The molecule has 0 atom stereocenters. The lowest BCUT2D eigenvalue weighted by Gasteiger charge is -2.47. The van der Waals surface area contributed by atoms with Gasteiger partial charge in [0.15, 0.2) is 0 Å². The van der Waals surface area contributed by atoms with Crippen LogP contribution in [0.1, 0.15) is 19.8 Å². The van der Waals surface area contributed by atoms with Crippen LogP contribution in [0, 0.1) is 0 Å². The number of nitrogens with two attached hydrogens (primary N) is 1. The van der Waals surface area contributed by atoms with Gasteiger partial charge in [0.25, 0.3) is 0 Å². The van der Waals surface area contributed by atoms with Crippen molar-refractivity contribution in [1.82, 2.24) is 24.2 Å². The summed E-state index contributed by atoms with van der Waals surface area (Å²) in [6.07, 6.45) is 5.59. The second-order valence-electron chi connectivity index (χ2n) is 8.21. The Kier molecular flexibility index (Phi) is 5.71. The smallest absolute Gasteiger partial charge is 0.229 e. The van der Waals surface area contributed by atoms with E-state index in [0.717, 1.165) is 0 Å². The van der Waals surface area contributed by atoms with E-state index in [1.54, 1.807) is 25.5 Å². The molecule has 0 radical (unpaired) electrons. The SMILES string of the molecule is CN(C1CC(C)(Oc2cc(-c3cnc(N)nc3)nc(N3CCOCC3)n2)C1)S(C)(=O)=O. The normalized spacial score (nSPS) is 24.1. The number of morpholine rings is 1. The first-order chi connectivity index (χ1) is 14.6. The molecule has 0 unspecified atom stereocenters. The summed E-state index contributed by atoms with van der Waals surface area (Å²) in [6, 6.07) is 1.66. The molecule has 1 aliphatic heterocycles. The molecule has 168 valence electrons. The van der Waals surface area contributed by atoms with Gasteiger partial charge in [-0.2, -0.15) is 4.98 Å². The predicted molar refractivity (Wildman–Crippen MR) is 115 cm³/mol. The van der Waals surface area contributed by atoms with Gasteiger partial charge in [0.05, 0.1) is 25.2 Å². The summed E-state index contributed by atoms with van der Waals surface area (Å²) < 4.78 is 36.7. The number of anilines is 2. The average molecular weight is 450 g/mol. The molecule has 0 aromatic carbocycles. The maximum absolute atomic E-state index is 11.8. The topological polar surface area (TPSA) is 137 Å². The minimum Gasteiger partial charge on any atom is -0.471 e. The van der Waals surface area contributed by atoms with Crippen LogP contribution in [0.5, 0.6) is 5.88 Å². The average Bonchev–Trinajstić information content (AvgIpc) is 2.71. The number of hydrogen-bond donors (Lipinski definition) is 1. The number of aromatic nitrogens is 4. The fourth-order valence-electron chi connectivity index (χ4n) is 3.79. The Morgan fingerprint density at radius 1 is 1.23 bits per heavy atom. The minimum atomic E-state index is -3.24. The molecule has 2 aromatic heterocycles. The summed E-state index contributed by atoms with van der Waals surface area (Å²) in [5.41, 5.74) is 6.41. The van der Waals surface area contributed by atoms with Crippen molar-refractivity contribution in [2.45, 2.75) is 31.4 Å². The van der Waals surface area contributed by atoms with Gasteiger partial charge in [-0.3, -0.25) is 0 Å². The molecule has 2 aromatic rings. The van der Waals surface area contributed by atoms with Crippen LogP contribution in [0.2, 0.25) is 0 Å². The Labute approximate surface area is 181 Å². The highest BCUT2D eigenvalue weighted by atomic mass is 32.2. The molecule has 31 heavy (non-hydrogen) atoms. The van der Waals surface area contributed by atoms with Gasteiger partial charge in [-0.25, -0.2) is 27.7 Å². The van der Waals surface area contributed by atoms with Crippen LogP contribution in [-0.4, -0.2) is 83.9 Å². The quantitative estimate of drug-likeness (QED) is 0.665. The Hall–Kier alpha value is -2.57. The third kappa shape index (κ3) is 4.86. The second-order valence-corrected chi connectivity index (χ2v) is 10.3. The van der Waals surface area contributed by atoms with Gasteiger partial charge < -0.3 is 20.1 Å². The summed E-state index contributed by atoms with van der Waals surface area (Å²) in [7, 11) is -1.65. The maximum Gasteiger partial charge on any atom is 0.229 e. The zero-order valence-electron chi connectivity index (χ0n) is 17.9. The number of hydrogen-bond acceptors (Lipinski definition) is 10. The fourth-order valence-corrected chi connectivity index (χ4v) is 4.48. The molecule has 0 amide bonds. The minimum absolute atomic E-state index is 0.0921. The molecule has 2 fully saturated rings. The zero-order chi connectivity index (χ0) is 22.2. The van der Waals surface area contributed by atoms with Gasteiger partial charge in [0.1, 0.15) is 5.60 Å². The van der Waals surface area contributed by atoms with E-state index in [1.807, 2.05) is 11.8 Å². The summed E-state index contributed by atoms with van der Waals surface area (Å²) in [5, 5.41) is 0. The maximum atomic E-state index is 11.8. The van der Waals surface area contributed by atoms with E-state index in [-0.39, 0.29) is 12.0 Å². The number of sulfonamides is 1. The van der Waals surface area contributed by atoms with Gasteiger partial charge in [-0.15, -0.1) is 0 Å². The standard InChI is InChI=1S/C19H27N7O4S/c1-19(9-14(10-19)25(2)31(3,27)28)30-16-8-15(13-11-21-17(20)22-12-13)23-18(24-16)26-4-6-29-7-5-26/h8,11-12,14H,4-7,9-10H2,1-3H3,(H2,20,21,22). The van der Waals surface area contributed by atoms with Crippen molar-refractivity contribution in [3.8, 4) is 17.1 Å². The van der Waals surface area contributed by atoms with Crippen LogP contribution in [0.15, 0.2) is 18.5 Å². The lowest BCUT2D eigenvalue weighted by molar-refractivity contribution is -0.0354. The Balaban J connectivity index is 1.59. The molecule has 3 heterocycles. The molecule has 12 heteroatoms. The summed E-state index contributed by atoms with van der Waals surface area (Å²) in [4.78, 5) is 19.4. The predicted octanol–water partition coefficient (Wildman–Crippen LogP) is 0.544. The third-order valence-electron chi connectivity index (χ3n) is 5.68. The molecule has 0 spiro atoms. The zero-order valence-corrected chi connectivity index (χ0v) is 18.7. The molecular formula is C19H27N7O4S. The highest BCUT2D eigenvalue weighted by molar-refractivity contribution is 7.88. The summed E-state index contributed by atoms with van der Waals surface area (Å²) in [5.74, 6) is 1.15. The summed E-state index contributed by atoms with van der Waals surface area (Å²) in [6.45, 7) is 4.53. The van der Waals surface area contributed by atoms with Crippen molar-refractivity contribution < 1.29 is 17.9 Å². The number of rotatable bonds is 6. The van der Waals surface area contributed by atoms with Crippen LogP contribution < -0.4 is 15.4 Å². The first-order valence-electron chi connectivity index (χ1n) is 10.0. The van der Waals surface area contributed by atoms with Crippen molar-refractivity contribution >= 4 is 21.9 Å².